The summed E-state index contributed by atoms with van der Waals surface area (Å²) in [5.41, 5.74) is 3.01. The zero-order valence-electron chi connectivity index (χ0n) is 11.0. The summed E-state index contributed by atoms with van der Waals surface area (Å²) in [5, 5.41) is 10.3. The van der Waals surface area contributed by atoms with Crippen molar-refractivity contribution in [2.75, 3.05) is 0 Å². The molecule has 2 aromatic carbocycles. The molecule has 0 spiro atoms. The molecule has 2 heteroatoms. The predicted molar refractivity (Wildman–Crippen MR) is 75.3 cm³/mol. The number of hydrogen-bond acceptors (Lipinski definition) is 2. The zero-order chi connectivity index (χ0) is 13.2. The largest absolute Gasteiger partial charge is 0.490 e. The Hall–Kier alpha value is -1.80. The lowest BCUT2D eigenvalue weighted by Crippen LogP contribution is -2.00. The first-order valence-corrected chi connectivity index (χ1v) is 6.73. The molecule has 0 heterocycles. The second-order valence-electron chi connectivity index (χ2n) is 5.20. The molecule has 1 saturated carbocycles. The molecule has 2 nitrogen and oxygen atoms in total. The van der Waals surface area contributed by atoms with Gasteiger partial charge in [0.15, 0.2) is 0 Å². The average molecular weight is 254 g/mol. The molecule has 19 heavy (non-hydrogen) atoms. The van der Waals surface area contributed by atoms with Crippen molar-refractivity contribution in [3.8, 4) is 5.75 Å². The molecule has 1 fully saturated rings. The van der Waals surface area contributed by atoms with Crippen molar-refractivity contribution in [3.05, 3.63) is 65.2 Å². The minimum absolute atomic E-state index is 0.410. The lowest BCUT2D eigenvalue weighted by Gasteiger charge is -2.12. The highest BCUT2D eigenvalue weighted by molar-refractivity contribution is 5.35. The Balaban J connectivity index is 1.75. The molecular weight excluding hydrogens is 236 g/mol. The summed E-state index contributed by atoms with van der Waals surface area (Å²) in [5.74, 6) is 0.891. The molecule has 1 unspecified atom stereocenters. The van der Waals surface area contributed by atoms with Crippen molar-refractivity contribution in [2.45, 2.75) is 32.0 Å². The van der Waals surface area contributed by atoms with Crippen LogP contribution in [0.1, 0.15) is 35.6 Å². The summed E-state index contributed by atoms with van der Waals surface area (Å²) in [4.78, 5) is 0. The second kappa shape index (κ2) is 5.06. The van der Waals surface area contributed by atoms with Gasteiger partial charge in [0.25, 0.3) is 0 Å². The van der Waals surface area contributed by atoms with Crippen molar-refractivity contribution in [2.24, 2.45) is 0 Å². The van der Waals surface area contributed by atoms with E-state index in [1.54, 1.807) is 0 Å². The molecule has 1 atom stereocenters. The minimum atomic E-state index is -0.574. The van der Waals surface area contributed by atoms with Crippen LogP contribution in [0.3, 0.4) is 0 Å². The second-order valence-corrected chi connectivity index (χ2v) is 5.20. The zero-order valence-corrected chi connectivity index (χ0v) is 11.0. The minimum Gasteiger partial charge on any atom is -0.490 e. The molecule has 0 bridgehead atoms. The van der Waals surface area contributed by atoms with Gasteiger partial charge in [-0.05, 0) is 43.0 Å². The highest BCUT2D eigenvalue weighted by Gasteiger charge is 2.23. The van der Waals surface area contributed by atoms with Crippen LogP contribution in [0.5, 0.6) is 5.75 Å². The maximum atomic E-state index is 10.3. The summed E-state index contributed by atoms with van der Waals surface area (Å²) >= 11 is 0. The van der Waals surface area contributed by atoms with Crippen LogP contribution in [0.4, 0.5) is 0 Å². The van der Waals surface area contributed by atoms with E-state index in [1.165, 1.54) is 5.56 Å². The third-order valence-corrected chi connectivity index (χ3v) is 3.42. The number of ether oxygens (including phenoxy) is 1. The number of benzene rings is 2. The van der Waals surface area contributed by atoms with Gasteiger partial charge in [-0.25, -0.2) is 0 Å². The Morgan fingerprint density at radius 2 is 1.47 bits per heavy atom. The van der Waals surface area contributed by atoms with Crippen molar-refractivity contribution < 1.29 is 9.84 Å². The molecule has 0 radical (unpaired) electrons. The Labute approximate surface area is 113 Å². The molecule has 3 rings (SSSR count). The highest BCUT2D eigenvalue weighted by Crippen LogP contribution is 2.28. The van der Waals surface area contributed by atoms with Gasteiger partial charge in [0, 0.05) is 0 Å². The Morgan fingerprint density at radius 1 is 0.947 bits per heavy atom. The normalized spacial score (nSPS) is 16.1. The number of rotatable bonds is 4. The van der Waals surface area contributed by atoms with Crippen LogP contribution >= 0.6 is 0 Å². The molecule has 0 aliphatic heterocycles. The van der Waals surface area contributed by atoms with Crippen molar-refractivity contribution in [3.63, 3.8) is 0 Å². The van der Waals surface area contributed by atoms with Crippen LogP contribution in [0.2, 0.25) is 0 Å². The van der Waals surface area contributed by atoms with Gasteiger partial charge in [-0.2, -0.15) is 0 Å². The van der Waals surface area contributed by atoms with Gasteiger partial charge < -0.3 is 9.84 Å². The average Bonchev–Trinajstić information content (AvgIpc) is 3.24. The van der Waals surface area contributed by atoms with E-state index < -0.39 is 6.10 Å². The van der Waals surface area contributed by atoms with Crippen LogP contribution in [0, 0.1) is 6.92 Å². The number of aliphatic hydroxyl groups excluding tert-OH is 1. The third kappa shape index (κ3) is 2.96. The van der Waals surface area contributed by atoms with Crippen molar-refractivity contribution in [1.29, 1.82) is 0 Å². The molecule has 0 amide bonds. The first-order valence-electron chi connectivity index (χ1n) is 6.73. The van der Waals surface area contributed by atoms with Gasteiger partial charge in [-0.3, -0.25) is 0 Å². The fourth-order valence-corrected chi connectivity index (χ4v) is 2.05. The first kappa shape index (κ1) is 12.2. The Kier molecular flexibility index (Phi) is 3.26. The summed E-state index contributed by atoms with van der Waals surface area (Å²) in [7, 11) is 0. The fourth-order valence-electron chi connectivity index (χ4n) is 2.05. The van der Waals surface area contributed by atoms with E-state index in [4.69, 9.17) is 4.74 Å². The summed E-state index contributed by atoms with van der Waals surface area (Å²) in [6.07, 6.45) is 2.16. The van der Waals surface area contributed by atoms with Gasteiger partial charge in [0.1, 0.15) is 11.9 Å². The Bertz CT molecular complexity index is 538. The smallest absolute Gasteiger partial charge is 0.119 e. The number of hydrogen-bond donors (Lipinski definition) is 1. The van der Waals surface area contributed by atoms with Gasteiger partial charge in [-0.15, -0.1) is 0 Å². The number of aliphatic hydroxyl groups is 1. The van der Waals surface area contributed by atoms with E-state index in [0.717, 1.165) is 29.7 Å². The van der Waals surface area contributed by atoms with E-state index in [0.29, 0.717) is 6.10 Å². The SMILES string of the molecule is Cc1ccc(C(O)c2ccc(OC3CC3)cc2)cc1. The monoisotopic (exact) mass is 254 g/mol. The number of aryl methyl sites for hydroxylation is 1. The third-order valence-electron chi connectivity index (χ3n) is 3.42. The summed E-state index contributed by atoms with van der Waals surface area (Å²) < 4.78 is 5.70. The van der Waals surface area contributed by atoms with Crippen LogP contribution in [0.15, 0.2) is 48.5 Å². The van der Waals surface area contributed by atoms with E-state index >= 15 is 0 Å². The van der Waals surface area contributed by atoms with Gasteiger partial charge >= 0.3 is 0 Å². The van der Waals surface area contributed by atoms with Gasteiger partial charge in [0.05, 0.1) is 6.10 Å². The van der Waals surface area contributed by atoms with Gasteiger partial charge in [0.2, 0.25) is 0 Å². The lowest BCUT2D eigenvalue weighted by atomic mass is 10.0. The molecule has 0 saturated heterocycles. The molecule has 0 aromatic heterocycles. The molecule has 98 valence electrons. The fraction of sp³-hybridized carbons (Fsp3) is 0.294. The predicted octanol–water partition coefficient (Wildman–Crippen LogP) is 3.62. The quantitative estimate of drug-likeness (QED) is 0.903. The van der Waals surface area contributed by atoms with Crippen LogP contribution < -0.4 is 4.74 Å². The van der Waals surface area contributed by atoms with Crippen LogP contribution in [0.25, 0.3) is 0 Å². The molecule has 2 aromatic rings. The van der Waals surface area contributed by atoms with Gasteiger partial charge in [-0.1, -0.05) is 42.0 Å². The highest BCUT2D eigenvalue weighted by atomic mass is 16.5. The van der Waals surface area contributed by atoms with Crippen molar-refractivity contribution >= 4 is 0 Å². The van der Waals surface area contributed by atoms with E-state index in [-0.39, 0.29) is 0 Å². The van der Waals surface area contributed by atoms with E-state index in [2.05, 4.69) is 0 Å². The standard InChI is InChI=1S/C17H18O2/c1-12-2-4-13(5-3-12)17(18)14-6-8-15(9-7-14)19-16-10-11-16/h2-9,16-18H,10-11H2,1H3. The van der Waals surface area contributed by atoms with Crippen LogP contribution in [-0.2, 0) is 0 Å². The van der Waals surface area contributed by atoms with Crippen LogP contribution in [-0.4, -0.2) is 11.2 Å². The maximum absolute atomic E-state index is 10.3. The van der Waals surface area contributed by atoms with E-state index in [1.807, 2.05) is 55.5 Å². The Morgan fingerprint density at radius 3 is 2.00 bits per heavy atom. The lowest BCUT2D eigenvalue weighted by molar-refractivity contribution is 0.220. The summed E-state index contributed by atoms with van der Waals surface area (Å²) in [6, 6.07) is 15.7. The maximum Gasteiger partial charge on any atom is 0.119 e. The summed E-state index contributed by atoms with van der Waals surface area (Å²) in [6.45, 7) is 2.04. The molecule has 1 N–H and O–H groups in total. The van der Waals surface area contributed by atoms with Crippen molar-refractivity contribution in [1.82, 2.24) is 0 Å². The molecular formula is C17H18O2. The molecule has 1 aliphatic rings. The first-order chi connectivity index (χ1) is 9.22. The van der Waals surface area contributed by atoms with E-state index in [9.17, 15) is 5.11 Å². The molecule has 1 aliphatic carbocycles. The topological polar surface area (TPSA) is 29.5 Å².